The Bertz CT molecular complexity index is 1030. The summed E-state index contributed by atoms with van der Waals surface area (Å²) in [5.41, 5.74) is 4.62. The zero-order valence-electron chi connectivity index (χ0n) is 18.5. The molecule has 3 N–H and O–H groups in total. The molecule has 7 heteroatoms. The van der Waals surface area contributed by atoms with Gasteiger partial charge in [-0.15, -0.1) is 0 Å². The van der Waals surface area contributed by atoms with Gasteiger partial charge in [-0.1, -0.05) is 67.6 Å². The van der Waals surface area contributed by atoms with Crippen LogP contribution in [0.4, 0.5) is 4.79 Å². The summed E-state index contributed by atoms with van der Waals surface area (Å²) in [5, 5.41) is 14.6. The van der Waals surface area contributed by atoms with E-state index in [-0.39, 0.29) is 24.5 Å². The fraction of sp³-hybridized carbons (Fsp3) is 0.346. The molecule has 0 spiro atoms. The van der Waals surface area contributed by atoms with Gasteiger partial charge in [-0.2, -0.15) is 0 Å². The predicted octanol–water partition coefficient (Wildman–Crippen LogP) is 3.84. The quantitative estimate of drug-likeness (QED) is 0.558. The number of aliphatic carboxylic acids is 1. The van der Waals surface area contributed by atoms with Crippen LogP contribution in [0.1, 0.15) is 43.2 Å². The minimum atomic E-state index is -1.05. The van der Waals surface area contributed by atoms with Gasteiger partial charge < -0.3 is 20.5 Å². The van der Waals surface area contributed by atoms with Gasteiger partial charge in [-0.3, -0.25) is 4.79 Å². The van der Waals surface area contributed by atoms with Gasteiger partial charge >= 0.3 is 12.1 Å². The second kappa shape index (κ2) is 9.90. The highest BCUT2D eigenvalue weighted by Crippen LogP contribution is 2.44. The second-order valence-electron chi connectivity index (χ2n) is 8.48. The average Bonchev–Trinajstić information content (AvgIpc) is 3.14. The van der Waals surface area contributed by atoms with Crippen LogP contribution in [0.15, 0.2) is 60.7 Å². The number of carboxylic acid groups (broad SMARTS) is 1. The Hall–Kier alpha value is -3.61. The third kappa shape index (κ3) is 4.92. The fourth-order valence-electron chi connectivity index (χ4n) is 4.63. The van der Waals surface area contributed by atoms with Crippen molar-refractivity contribution in [2.75, 3.05) is 6.61 Å². The molecule has 0 saturated heterocycles. The molecule has 0 bridgehead atoms. The smallest absolute Gasteiger partial charge is 0.407 e. The van der Waals surface area contributed by atoms with E-state index in [9.17, 15) is 14.4 Å². The predicted molar refractivity (Wildman–Crippen MR) is 124 cm³/mol. The third-order valence-electron chi connectivity index (χ3n) is 6.37. The lowest BCUT2D eigenvalue weighted by Crippen LogP contribution is -2.46. The topological polar surface area (TPSA) is 105 Å². The molecule has 0 aromatic heterocycles. The summed E-state index contributed by atoms with van der Waals surface area (Å²) in [6.07, 6.45) is 4.35. The zero-order chi connectivity index (χ0) is 23.4. The number of alkyl carbamates (subject to hydrolysis) is 1. The molecule has 2 aliphatic carbocycles. The number of ether oxygens (including phenoxy) is 1. The monoisotopic (exact) mass is 448 g/mol. The molecule has 0 fully saturated rings. The van der Waals surface area contributed by atoms with Gasteiger partial charge in [0.25, 0.3) is 0 Å². The highest BCUT2D eigenvalue weighted by molar-refractivity contribution is 5.85. The van der Waals surface area contributed by atoms with E-state index in [1.165, 1.54) is 0 Å². The Morgan fingerprint density at radius 1 is 1.06 bits per heavy atom. The summed E-state index contributed by atoms with van der Waals surface area (Å²) < 4.78 is 5.59. The Morgan fingerprint density at radius 2 is 1.70 bits per heavy atom. The van der Waals surface area contributed by atoms with Crippen LogP contribution in [0, 0.1) is 5.92 Å². The van der Waals surface area contributed by atoms with E-state index in [1.807, 2.05) is 36.4 Å². The number of fused-ring (bicyclic) bond motifs is 3. The molecule has 7 nitrogen and oxygen atoms in total. The van der Waals surface area contributed by atoms with Crippen LogP contribution in [0.5, 0.6) is 0 Å². The van der Waals surface area contributed by atoms with E-state index < -0.39 is 24.0 Å². The van der Waals surface area contributed by atoms with Crippen molar-refractivity contribution >= 4 is 18.0 Å². The number of carbonyl (C=O) groups excluding carboxylic acids is 2. The molecule has 0 aliphatic heterocycles. The van der Waals surface area contributed by atoms with E-state index in [4.69, 9.17) is 9.84 Å². The molecule has 2 amide bonds. The minimum absolute atomic E-state index is 0.0226. The first-order chi connectivity index (χ1) is 16.0. The van der Waals surface area contributed by atoms with Crippen molar-refractivity contribution in [3.8, 4) is 11.1 Å². The van der Waals surface area contributed by atoms with Gasteiger partial charge in [0, 0.05) is 11.8 Å². The molecule has 172 valence electrons. The van der Waals surface area contributed by atoms with Crippen molar-refractivity contribution in [2.45, 2.75) is 44.2 Å². The Balaban J connectivity index is 1.33. The van der Waals surface area contributed by atoms with Crippen LogP contribution >= 0.6 is 0 Å². The zero-order valence-corrected chi connectivity index (χ0v) is 18.5. The first kappa shape index (κ1) is 22.6. The maximum atomic E-state index is 12.5. The van der Waals surface area contributed by atoms with Gasteiger partial charge in [0.2, 0.25) is 5.91 Å². The molecule has 2 aromatic carbocycles. The third-order valence-corrected chi connectivity index (χ3v) is 6.37. The Morgan fingerprint density at radius 3 is 2.30 bits per heavy atom. The first-order valence-corrected chi connectivity index (χ1v) is 11.3. The number of hydrogen-bond donors (Lipinski definition) is 3. The summed E-state index contributed by atoms with van der Waals surface area (Å²) in [7, 11) is 0. The van der Waals surface area contributed by atoms with Gasteiger partial charge in [0.15, 0.2) is 0 Å². The highest BCUT2D eigenvalue weighted by Gasteiger charge is 2.31. The van der Waals surface area contributed by atoms with E-state index in [0.717, 1.165) is 22.3 Å². The molecule has 4 rings (SSSR count). The Labute approximate surface area is 192 Å². The highest BCUT2D eigenvalue weighted by atomic mass is 16.5. The van der Waals surface area contributed by atoms with E-state index in [1.54, 1.807) is 6.92 Å². The molecule has 0 heterocycles. The largest absolute Gasteiger partial charge is 0.480 e. The number of benzene rings is 2. The van der Waals surface area contributed by atoms with Crippen LogP contribution in [0.2, 0.25) is 0 Å². The molecule has 2 aliphatic rings. The average molecular weight is 449 g/mol. The van der Waals surface area contributed by atoms with E-state index in [2.05, 4.69) is 34.9 Å². The summed E-state index contributed by atoms with van der Waals surface area (Å²) in [4.78, 5) is 36.2. The number of carbonyl (C=O) groups is 3. The molecule has 1 unspecified atom stereocenters. The summed E-state index contributed by atoms with van der Waals surface area (Å²) in [6.45, 7) is 1.93. The molecule has 3 atom stereocenters. The molecule has 33 heavy (non-hydrogen) atoms. The maximum Gasteiger partial charge on any atom is 0.407 e. The number of nitrogens with one attached hydrogen (secondary N) is 2. The molecule has 2 aromatic rings. The van der Waals surface area contributed by atoms with Crippen molar-refractivity contribution in [3.63, 3.8) is 0 Å². The van der Waals surface area contributed by atoms with Gasteiger partial charge in [0.1, 0.15) is 12.6 Å². The van der Waals surface area contributed by atoms with Crippen molar-refractivity contribution in [1.29, 1.82) is 0 Å². The van der Waals surface area contributed by atoms with Gasteiger partial charge in [0.05, 0.1) is 6.04 Å². The fourth-order valence-corrected chi connectivity index (χ4v) is 4.63. The number of allylic oxidation sites excluding steroid dienone is 1. The van der Waals surface area contributed by atoms with Crippen LogP contribution in [0.25, 0.3) is 11.1 Å². The van der Waals surface area contributed by atoms with Crippen molar-refractivity contribution < 1.29 is 24.2 Å². The van der Waals surface area contributed by atoms with Gasteiger partial charge in [-0.25, -0.2) is 9.59 Å². The van der Waals surface area contributed by atoms with Crippen molar-refractivity contribution in [1.82, 2.24) is 10.6 Å². The summed E-state index contributed by atoms with van der Waals surface area (Å²) in [5.74, 6) is -1.79. The lowest BCUT2D eigenvalue weighted by molar-refractivity contribution is -0.142. The standard InChI is InChI=1S/C26H28N2O5/c1-2-23(25(30)31)28-24(29)16-8-7-9-17(14-16)27-26(32)33-15-22-20-12-5-3-10-18(20)19-11-4-6-13-21(19)22/h3-7,9-13,16-17,22-23H,2,8,14-15H2,1H3,(H,27,32)(H,28,29)(H,30,31)/t16-,17-,23?/m1/s1. The van der Waals surface area contributed by atoms with E-state index >= 15 is 0 Å². The number of amides is 2. The van der Waals surface area contributed by atoms with Gasteiger partial charge in [-0.05, 0) is 41.5 Å². The molecule has 0 radical (unpaired) electrons. The molecular weight excluding hydrogens is 420 g/mol. The molecule has 0 saturated carbocycles. The second-order valence-corrected chi connectivity index (χ2v) is 8.48. The summed E-state index contributed by atoms with van der Waals surface area (Å²) >= 11 is 0. The Kier molecular flexibility index (Phi) is 6.77. The normalized spacial score (nSPS) is 19.8. The van der Waals surface area contributed by atoms with Crippen LogP contribution in [-0.4, -0.2) is 41.8 Å². The first-order valence-electron chi connectivity index (χ1n) is 11.3. The lowest BCUT2D eigenvalue weighted by atomic mass is 9.90. The van der Waals surface area contributed by atoms with Crippen LogP contribution in [0.3, 0.4) is 0 Å². The van der Waals surface area contributed by atoms with Crippen LogP contribution in [-0.2, 0) is 14.3 Å². The summed E-state index contributed by atoms with van der Waals surface area (Å²) in [6, 6.07) is 15.0. The maximum absolute atomic E-state index is 12.5. The van der Waals surface area contributed by atoms with Crippen molar-refractivity contribution in [2.24, 2.45) is 5.92 Å². The SMILES string of the molecule is CCC(NC(=O)[C@@H]1CC=C[C@@H](NC(=O)OCC2c3ccccc3-c3ccccc32)C1)C(=O)O. The number of carboxylic acids is 1. The van der Waals surface area contributed by atoms with Crippen LogP contribution < -0.4 is 10.6 Å². The van der Waals surface area contributed by atoms with Crippen molar-refractivity contribution in [3.05, 3.63) is 71.8 Å². The minimum Gasteiger partial charge on any atom is -0.480 e. The lowest BCUT2D eigenvalue weighted by Gasteiger charge is -2.26. The molecular formula is C26H28N2O5. The van der Waals surface area contributed by atoms with E-state index in [0.29, 0.717) is 19.3 Å². The number of hydrogen-bond acceptors (Lipinski definition) is 4. The number of rotatable bonds is 7.